The van der Waals surface area contributed by atoms with Crippen LogP contribution >= 0.6 is 0 Å². The monoisotopic (exact) mass is 293 g/mol. The van der Waals surface area contributed by atoms with Gasteiger partial charge < -0.3 is 21.1 Å². The standard InChI is InChI=1S/C14H23N5O2/c1-9(2)21-14-12(15)13(17-8-18-14)16-7-3-4-11(20)19-10-5-6-10/h8-10H,3-7,15H2,1-2H3,(H,19,20)(H,16,17,18). The molecule has 4 N–H and O–H groups in total. The molecule has 7 heteroatoms. The molecular weight excluding hydrogens is 270 g/mol. The van der Waals surface area contributed by atoms with Gasteiger partial charge in [0.05, 0.1) is 6.10 Å². The molecule has 0 saturated heterocycles. The number of hydrogen-bond acceptors (Lipinski definition) is 6. The summed E-state index contributed by atoms with van der Waals surface area (Å²) >= 11 is 0. The highest BCUT2D eigenvalue weighted by Gasteiger charge is 2.22. The second kappa shape index (κ2) is 7.10. The van der Waals surface area contributed by atoms with Gasteiger partial charge in [-0.1, -0.05) is 0 Å². The minimum atomic E-state index is 0.00108. The van der Waals surface area contributed by atoms with Crippen LogP contribution in [-0.4, -0.2) is 34.6 Å². The summed E-state index contributed by atoms with van der Waals surface area (Å²) in [5.74, 6) is 1.04. The fraction of sp³-hybridized carbons (Fsp3) is 0.643. The molecule has 1 fully saturated rings. The number of ether oxygens (including phenoxy) is 1. The summed E-state index contributed by atoms with van der Waals surface area (Å²) in [6.45, 7) is 4.45. The number of nitrogens with two attached hydrogens (primary N) is 1. The molecule has 1 aromatic heterocycles. The quantitative estimate of drug-likeness (QED) is 0.625. The van der Waals surface area contributed by atoms with Crippen LogP contribution in [0, 0.1) is 0 Å². The number of hydrogen-bond donors (Lipinski definition) is 3. The van der Waals surface area contributed by atoms with E-state index in [4.69, 9.17) is 10.5 Å². The molecule has 7 nitrogen and oxygen atoms in total. The molecule has 1 heterocycles. The normalized spacial score (nSPS) is 14.0. The molecule has 0 radical (unpaired) electrons. The van der Waals surface area contributed by atoms with Crippen molar-refractivity contribution in [2.24, 2.45) is 0 Å². The number of anilines is 2. The Hall–Kier alpha value is -2.05. The molecule has 0 atom stereocenters. The second-order valence-electron chi connectivity index (χ2n) is 5.48. The van der Waals surface area contributed by atoms with Crippen LogP contribution in [0.3, 0.4) is 0 Å². The molecule has 0 spiro atoms. The smallest absolute Gasteiger partial charge is 0.242 e. The Labute approximate surface area is 124 Å². The summed E-state index contributed by atoms with van der Waals surface area (Å²) in [6, 6.07) is 0.415. The predicted octanol–water partition coefficient (Wildman–Crippen LogP) is 1.32. The third kappa shape index (κ3) is 5.09. The number of carbonyl (C=O) groups excluding carboxylic acids is 1. The highest BCUT2D eigenvalue weighted by molar-refractivity contribution is 5.76. The predicted molar refractivity (Wildman–Crippen MR) is 81.1 cm³/mol. The van der Waals surface area contributed by atoms with Gasteiger partial charge in [-0.3, -0.25) is 4.79 Å². The van der Waals surface area contributed by atoms with Gasteiger partial charge >= 0.3 is 0 Å². The topological polar surface area (TPSA) is 102 Å². The molecule has 0 unspecified atom stereocenters. The Balaban J connectivity index is 1.75. The van der Waals surface area contributed by atoms with Crippen molar-refractivity contribution in [1.29, 1.82) is 0 Å². The first-order chi connectivity index (χ1) is 10.1. The van der Waals surface area contributed by atoms with Crippen LogP contribution in [0.5, 0.6) is 5.88 Å². The minimum absolute atomic E-state index is 0.00108. The molecule has 1 saturated carbocycles. The molecule has 0 aromatic carbocycles. The van der Waals surface area contributed by atoms with Crippen LogP contribution in [0.1, 0.15) is 39.5 Å². The fourth-order valence-corrected chi connectivity index (χ4v) is 1.82. The van der Waals surface area contributed by atoms with E-state index in [0.717, 1.165) is 19.3 Å². The van der Waals surface area contributed by atoms with E-state index >= 15 is 0 Å². The van der Waals surface area contributed by atoms with Crippen LogP contribution in [0.2, 0.25) is 0 Å². The first-order valence-electron chi connectivity index (χ1n) is 7.36. The number of nitrogens with one attached hydrogen (secondary N) is 2. The average Bonchev–Trinajstić information content (AvgIpc) is 3.22. The molecular formula is C14H23N5O2. The van der Waals surface area contributed by atoms with E-state index in [2.05, 4.69) is 20.6 Å². The first-order valence-corrected chi connectivity index (χ1v) is 7.36. The van der Waals surface area contributed by atoms with Gasteiger partial charge in [-0.25, -0.2) is 4.98 Å². The molecule has 1 aromatic rings. The van der Waals surface area contributed by atoms with Crippen LogP contribution in [0.25, 0.3) is 0 Å². The van der Waals surface area contributed by atoms with Crippen molar-refractivity contribution in [2.75, 3.05) is 17.6 Å². The fourth-order valence-electron chi connectivity index (χ4n) is 1.82. The summed E-state index contributed by atoms with van der Waals surface area (Å²) in [7, 11) is 0. The number of nitrogens with zero attached hydrogens (tertiary/aromatic N) is 2. The van der Waals surface area contributed by atoms with Gasteiger partial charge in [0.15, 0.2) is 5.82 Å². The molecule has 0 bridgehead atoms. The van der Waals surface area contributed by atoms with E-state index in [0.29, 0.717) is 36.4 Å². The van der Waals surface area contributed by atoms with Crippen LogP contribution in [-0.2, 0) is 4.79 Å². The van der Waals surface area contributed by atoms with E-state index in [1.807, 2.05) is 13.8 Å². The largest absolute Gasteiger partial charge is 0.473 e. The summed E-state index contributed by atoms with van der Waals surface area (Å²) in [5.41, 5.74) is 6.35. The lowest BCUT2D eigenvalue weighted by Gasteiger charge is -2.13. The lowest BCUT2D eigenvalue weighted by molar-refractivity contribution is -0.121. The summed E-state index contributed by atoms with van der Waals surface area (Å²) in [5, 5.41) is 6.07. The Kier molecular flexibility index (Phi) is 5.19. The van der Waals surface area contributed by atoms with Crippen molar-refractivity contribution < 1.29 is 9.53 Å². The molecule has 116 valence electrons. The maximum atomic E-state index is 11.5. The maximum Gasteiger partial charge on any atom is 0.242 e. The lowest BCUT2D eigenvalue weighted by atomic mass is 10.3. The van der Waals surface area contributed by atoms with Gasteiger partial charge in [0.25, 0.3) is 0 Å². The van der Waals surface area contributed by atoms with Crippen molar-refractivity contribution >= 4 is 17.4 Å². The Morgan fingerprint density at radius 1 is 1.48 bits per heavy atom. The number of aromatic nitrogens is 2. The third-order valence-electron chi connectivity index (χ3n) is 3.01. The van der Waals surface area contributed by atoms with E-state index in [-0.39, 0.29) is 12.0 Å². The number of nitrogen functional groups attached to an aromatic ring is 1. The highest BCUT2D eigenvalue weighted by Crippen LogP contribution is 2.25. The average molecular weight is 293 g/mol. The Morgan fingerprint density at radius 2 is 2.24 bits per heavy atom. The van der Waals surface area contributed by atoms with E-state index in [1.54, 1.807) is 0 Å². The summed E-state index contributed by atoms with van der Waals surface area (Å²) in [6.07, 6.45) is 4.86. The van der Waals surface area contributed by atoms with Crippen molar-refractivity contribution in [1.82, 2.24) is 15.3 Å². The zero-order valence-electron chi connectivity index (χ0n) is 12.6. The number of amides is 1. The Morgan fingerprint density at radius 3 is 2.90 bits per heavy atom. The molecule has 2 rings (SSSR count). The zero-order chi connectivity index (χ0) is 15.2. The van der Waals surface area contributed by atoms with Gasteiger partial charge in [0.2, 0.25) is 11.8 Å². The van der Waals surface area contributed by atoms with E-state index in [9.17, 15) is 4.79 Å². The summed E-state index contributed by atoms with van der Waals surface area (Å²) in [4.78, 5) is 19.6. The maximum absolute atomic E-state index is 11.5. The van der Waals surface area contributed by atoms with Crippen molar-refractivity contribution in [3.8, 4) is 5.88 Å². The van der Waals surface area contributed by atoms with Gasteiger partial charge in [-0.2, -0.15) is 4.98 Å². The second-order valence-corrected chi connectivity index (χ2v) is 5.48. The number of rotatable bonds is 8. The third-order valence-corrected chi connectivity index (χ3v) is 3.01. The van der Waals surface area contributed by atoms with Crippen molar-refractivity contribution in [2.45, 2.75) is 51.7 Å². The molecule has 1 amide bonds. The van der Waals surface area contributed by atoms with Crippen LogP contribution in [0.4, 0.5) is 11.5 Å². The summed E-state index contributed by atoms with van der Waals surface area (Å²) < 4.78 is 5.50. The van der Waals surface area contributed by atoms with Gasteiger partial charge in [0.1, 0.15) is 12.0 Å². The minimum Gasteiger partial charge on any atom is -0.473 e. The van der Waals surface area contributed by atoms with Gasteiger partial charge in [-0.05, 0) is 33.1 Å². The van der Waals surface area contributed by atoms with Gasteiger partial charge in [-0.15, -0.1) is 0 Å². The number of carbonyl (C=O) groups is 1. The first kappa shape index (κ1) is 15.3. The molecule has 1 aliphatic carbocycles. The van der Waals surface area contributed by atoms with Crippen LogP contribution < -0.4 is 21.1 Å². The van der Waals surface area contributed by atoms with E-state index in [1.165, 1.54) is 6.33 Å². The van der Waals surface area contributed by atoms with E-state index < -0.39 is 0 Å². The highest BCUT2D eigenvalue weighted by atomic mass is 16.5. The molecule has 1 aliphatic rings. The zero-order valence-corrected chi connectivity index (χ0v) is 12.6. The molecule has 0 aliphatic heterocycles. The van der Waals surface area contributed by atoms with Gasteiger partial charge in [0, 0.05) is 19.0 Å². The van der Waals surface area contributed by atoms with Crippen molar-refractivity contribution in [3.05, 3.63) is 6.33 Å². The SMILES string of the molecule is CC(C)Oc1ncnc(NCCCC(=O)NC2CC2)c1N. The lowest BCUT2D eigenvalue weighted by Crippen LogP contribution is -2.25. The van der Waals surface area contributed by atoms with Crippen molar-refractivity contribution in [3.63, 3.8) is 0 Å². The Bertz CT molecular complexity index is 488. The molecule has 21 heavy (non-hydrogen) atoms. The van der Waals surface area contributed by atoms with Crippen LogP contribution in [0.15, 0.2) is 6.33 Å².